The van der Waals surface area contributed by atoms with Crippen LogP contribution in [0, 0.1) is 17.8 Å². The molecule has 3 rings (SSSR count). The van der Waals surface area contributed by atoms with E-state index in [0.717, 1.165) is 48.3 Å². The summed E-state index contributed by atoms with van der Waals surface area (Å²) in [6.45, 7) is 0.678. The van der Waals surface area contributed by atoms with E-state index in [1.54, 1.807) is 28.3 Å². The van der Waals surface area contributed by atoms with Gasteiger partial charge in [-0.15, -0.1) is 0 Å². The number of aliphatic hydroxyl groups is 1. The molecule has 0 spiro atoms. The van der Waals surface area contributed by atoms with Gasteiger partial charge < -0.3 is 25.6 Å². The van der Waals surface area contributed by atoms with Crippen LogP contribution in [-0.2, 0) is 37.4 Å². The van der Waals surface area contributed by atoms with Gasteiger partial charge in [-0.3, -0.25) is 0 Å². The zero-order valence-electron chi connectivity index (χ0n) is 20.3. The van der Waals surface area contributed by atoms with Crippen LogP contribution in [0.1, 0.15) is 56.9 Å². The summed E-state index contributed by atoms with van der Waals surface area (Å²) in [4.78, 5) is 0. The minimum absolute atomic E-state index is 0. The second-order valence-electron chi connectivity index (χ2n) is 8.27. The maximum Gasteiger partial charge on any atom is 0.120 e. The van der Waals surface area contributed by atoms with Gasteiger partial charge >= 0.3 is 0 Å². The van der Waals surface area contributed by atoms with Gasteiger partial charge in [-0.25, -0.2) is 0 Å². The molecule has 3 atom stereocenters. The van der Waals surface area contributed by atoms with Crippen molar-refractivity contribution < 1.29 is 47.3 Å². The number of rotatable bonds is 10. The van der Waals surface area contributed by atoms with Crippen LogP contribution in [0.25, 0.3) is 11.4 Å². The maximum absolute atomic E-state index is 7.00. The normalized spacial score (nSPS) is 21.0. The number of ether oxygens (including phenoxy) is 2. The Balaban J connectivity index is 0.00000138. The van der Waals surface area contributed by atoms with E-state index in [2.05, 4.69) is 11.4 Å². The number of hydrogen-bond acceptors (Lipinski definition) is 4. The van der Waals surface area contributed by atoms with Gasteiger partial charge in [-0.2, -0.15) is 14.1 Å². The molecule has 0 saturated heterocycles. The average molecular weight is 509 g/mol. The van der Waals surface area contributed by atoms with E-state index < -0.39 is 0 Å². The molecule has 5 nitrogen and oxygen atoms in total. The molecule has 2 fully saturated rings. The fraction of sp³-hybridized carbons (Fsp3) is 0.680. The molecule has 2 unspecified atom stereocenters. The number of hydrogen-bond donors (Lipinski definition) is 2. The van der Waals surface area contributed by atoms with E-state index in [0.29, 0.717) is 6.61 Å². The molecular weight excluding hydrogens is 465 g/mol. The van der Waals surface area contributed by atoms with Crippen LogP contribution in [0.2, 0.25) is 0 Å². The van der Waals surface area contributed by atoms with Crippen LogP contribution in [0.4, 0.5) is 5.69 Å². The third-order valence-electron chi connectivity index (χ3n) is 6.05. The molecule has 1 aromatic carbocycles. The van der Waals surface area contributed by atoms with E-state index in [4.69, 9.17) is 20.3 Å². The van der Waals surface area contributed by atoms with Gasteiger partial charge in [-0.1, -0.05) is 25.3 Å². The van der Waals surface area contributed by atoms with Crippen molar-refractivity contribution >= 4 is 11.8 Å². The number of nitrogen functional groups attached to an aromatic ring is 1. The predicted molar refractivity (Wildman–Crippen MR) is 128 cm³/mol. The number of benzene rings is 1. The van der Waals surface area contributed by atoms with E-state index in [-0.39, 0.29) is 32.7 Å². The Hall–Kier alpha value is -0.456. The molecular formula is C25H43N2O3Y-. The van der Waals surface area contributed by atoms with Gasteiger partial charge in [0.25, 0.3) is 0 Å². The second-order valence-corrected chi connectivity index (χ2v) is 8.27. The molecule has 2 aliphatic rings. The fourth-order valence-corrected chi connectivity index (χ4v) is 4.52. The zero-order valence-corrected chi connectivity index (χ0v) is 23.1. The largest absolute Gasteiger partial charge is 0.668 e. The Morgan fingerprint density at radius 2 is 1.87 bits per heavy atom. The van der Waals surface area contributed by atoms with E-state index in [1.807, 2.05) is 18.2 Å². The number of aliphatic hydroxyl groups excluding tert-OH is 1. The molecule has 0 amide bonds. The summed E-state index contributed by atoms with van der Waals surface area (Å²) in [6.07, 6.45) is 13.2. The van der Waals surface area contributed by atoms with Crippen LogP contribution >= 0.6 is 0 Å². The molecule has 1 aromatic rings. The Labute approximate surface area is 215 Å². The molecule has 2 saturated carbocycles. The van der Waals surface area contributed by atoms with Crippen LogP contribution in [0.15, 0.2) is 23.8 Å². The van der Waals surface area contributed by atoms with Crippen LogP contribution in [-0.4, -0.2) is 47.1 Å². The molecule has 0 heterocycles. The molecule has 6 heteroatoms. The third kappa shape index (κ3) is 11.3. The maximum atomic E-state index is 7.00. The van der Waals surface area contributed by atoms with Crippen molar-refractivity contribution in [2.24, 2.45) is 17.8 Å². The molecule has 31 heavy (non-hydrogen) atoms. The van der Waals surface area contributed by atoms with Gasteiger partial charge in [0.1, 0.15) is 5.75 Å². The zero-order chi connectivity index (χ0) is 22.4. The second kappa shape index (κ2) is 18.0. The van der Waals surface area contributed by atoms with E-state index in [9.17, 15) is 0 Å². The number of nitrogens with zero attached hydrogens (tertiary/aromatic N) is 1. The number of anilines is 1. The Morgan fingerprint density at radius 3 is 2.39 bits per heavy atom. The minimum Gasteiger partial charge on any atom is -0.668 e. The summed E-state index contributed by atoms with van der Waals surface area (Å²) in [6, 6.07) is 5.86. The smallest absolute Gasteiger partial charge is 0.120 e. The van der Waals surface area contributed by atoms with Gasteiger partial charge in [0, 0.05) is 58.7 Å². The quantitative estimate of drug-likeness (QED) is 0.322. The molecule has 2 aliphatic carbocycles. The van der Waals surface area contributed by atoms with E-state index in [1.165, 1.54) is 50.5 Å². The van der Waals surface area contributed by atoms with Crippen LogP contribution in [0.5, 0.6) is 5.75 Å². The summed E-state index contributed by atoms with van der Waals surface area (Å²) in [5.41, 5.74) is 9.27. The monoisotopic (exact) mass is 508 g/mol. The summed E-state index contributed by atoms with van der Waals surface area (Å²) in [5, 5.41) is 10.5. The SMILES string of the molecule is CO.COC/C(=C\c1ccc(OC)cc1N)CCCCC[C@H]1CCC2CC21.C[N-]C.[Y]. The predicted octanol–water partition coefficient (Wildman–Crippen LogP) is 5.53. The third-order valence-corrected chi connectivity index (χ3v) is 6.05. The first kappa shape index (κ1) is 30.5. The average Bonchev–Trinajstić information content (AvgIpc) is 3.43. The minimum atomic E-state index is 0. The van der Waals surface area contributed by atoms with Crippen molar-refractivity contribution in [1.82, 2.24) is 0 Å². The molecule has 0 aromatic heterocycles. The van der Waals surface area contributed by atoms with Gasteiger partial charge in [-0.05, 0) is 73.1 Å². The molecule has 175 valence electrons. The standard InChI is InChI=1S/C22H33NO2.C2H6N.CH4O.Y/c1-24-15-16(12-19-10-11-20(25-2)14-22(19)23)6-4-3-5-7-17-8-9-18-13-21(17)18;1-3-2;1-2;/h10-12,14,17-18,21H,3-9,13,15,23H2,1-2H3;1-2H3;2H,1H3;/q;-1;;/b16-12-;;;/t17-,18?,21?;;;/m0.../s1. The molecule has 0 bridgehead atoms. The van der Waals surface area contributed by atoms with Crippen molar-refractivity contribution in [2.45, 2.75) is 51.4 Å². The topological polar surface area (TPSA) is 78.8 Å². The van der Waals surface area contributed by atoms with E-state index >= 15 is 0 Å². The summed E-state index contributed by atoms with van der Waals surface area (Å²) >= 11 is 0. The summed E-state index contributed by atoms with van der Waals surface area (Å²) in [7, 11) is 7.92. The van der Waals surface area contributed by atoms with Crippen molar-refractivity contribution in [2.75, 3.05) is 47.8 Å². The van der Waals surface area contributed by atoms with Gasteiger partial charge in [0.15, 0.2) is 0 Å². The van der Waals surface area contributed by atoms with Crippen molar-refractivity contribution in [1.29, 1.82) is 0 Å². The number of unbranched alkanes of at least 4 members (excludes halogenated alkanes) is 2. The Morgan fingerprint density at radius 1 is 1.16 bits per heavy atom. The van der Waals surface area contributed by atoms with Gasteiger partial charge in [0.05, 0.1) is 13.7 Å². The molecule has 0 aliphatic heterocycles. The summed E-state index contributed by atoms with van der Waals surface area (Å²) in [5.74, 6) is 4.09. The van der Waals surface area contributed by atoms with Crippen molar-refractivity contribution in [3.8, 4) is 5.75 Å². The number of nitrogens with two attached hydrogens (primary N) is 1. The number of fused-ring (bicyclic) bond motifs is 1. The molecule has 1 radical (unpaired) electrons. The Kier molecular flexibility index (Phi) is 17.8. The van der Waals surface area contributed by atoms with Crippen molar-refractivity contribution in [3.63, 3.8) is 0 Å². The molecule has 3 N–H and O–H groups in total. The first-order valence-electron chi connectivity index (χ1n) is 11.2. The number of methoxy groups -OCH3 is 2. The van der Waals surface area contributed by atoms with Crippen LogP contribution < -0.4 is 10.5 Å². The van der Waals surface area contributed by atoms with Crippen molar-refractivity contribution in [3.05, 3.63) is 34.7 Å². The Bertz CT molecular complexity index is 625. The first-order valence-corrected chi connectivity index (χ1v) is 11.2. The van der Waals surface area contributed by atoms with Crippen LogP contribution in [0.3, 0.4) is 0 Å². The fourth-order valence-electron chi connectivity index (χ4n) is 4.52. The van der Waals surface area contributed by atoms with Gasteiger partial charge in [0.2, 0.25) is 0 Å². The first-order chi connectivity index (χ1) is 14.6. The summed E-state index contributed by atoms with van der Waals surface area (Å²) < 4.78 is 10.6.